The number of rotatable bonds is 3. The minimum Gasteiger partial charge on any atom is -0.294 e. The molecule has 0 N–H and O–H groups in total. The Hall–Kier alpha value is -0.530. The zero-order chi connectivity index (χ0) is 12.3. The summed E-state index contributed by atoms with van der Waals surface area (Å²) in [5, 5.41) is 0.858. The fraction of sp³-hybridized carbons (Fsp3) is 0.500. The summed E-state index contributed by atoms with van der Waals surface area (Å²) >= 11 is 12.0. The van der Waals surface area contributed by atoms with E-state index in [0.717, 1.165) is 0 Å². The summed E-state index contributed by atoms with van der Waals surface area (Å²) in [5.74, 6) is 0.663. The average molecular weight is 271 g/mol. The molecule has 0 spiro atoms. The molecule has 0 saturated heterocycles. The number of ketones is 1. The molecule has 1 aliphatic carbocycles. The summed E-state index contributed by atoms with van der Waals surface area (Å²) in [7, 11) is 0. The van der Waals surface area contributed by atoms with Crippen molar-refractivity contribution in [1.82, 2.24) is 0 Å². The first-order chi connectivity index (χ1) is 8.18. The van der Waals surface area contributed by atoms with Gasteiger partial charge in [0.2, 0.25) is 0 Å². The average Bonchev–Trinajstić information content (AvgIpc) is 2.34. The lowest BCUT2D eigenvalue weighted by Gasteiger charge is -2.20. The van der Waals surface area contributed by atoms with Crippen molar-refractivity contribution in [1.29, 1.82) is 0 Å². The molecule has 0 bridgehead atoms. The van der Waals surface area contributed by atoms with Crippen molar-refractivity contribution in [2.45, 2.75) is 38.5 Å². The van der Waals surface area contributed by atoms with Crippen molar-refractivity contribution in [3.63, 3.8) is 0 Å². The molecule has 0 aliphatic heterocycles. The van der Waals surface area contributed by atoms with Crippen molar-refractivity contribution in [2.75, 3.05) is 0 Å². The topological polar surface area (TPSA) is 17.1 Å². The molecule has 0 amide bonds. The molecular formula is C14H16Cl2O. The standard InChI is InChI=1S/C14H16Cl2O/c15-12-8-4-7-11(14(12)16)13(17)9-10-5-2-1-3-6-10/h4,7-8,10H,1-3,5-6,9H2. The third-order valence-corrected chi connectivity index (χ3v) is 4.27. The summed E-state index contributed by atoms with van der Waals surface area (Å²) in [6, 6.07) is 5.25. The molecular weight excluding hydrogens is 255 g/mol. The molecule has 0 heterocycles. The highest BCUT2D eigenvalue weighted by atomic mass is 35.5. The van der Waals surface area contributed by atoms with Gasteiger partial charge in [0.25, 0.3) is 0 Å². The number of carbonyl (C=O) groups is 1. The summed E-state index contributed by atoms with van der Waals surface area (Å²) in [6.45, 7) is 0. The number of hydrogen-bond donors (Lipinski definition) is 0. The van der Waals surface area contributed by atoms with Crippen LogP contribution in [-0.4, -0.2) is 5.78 Å². The molecule has 0 aromatic heterocycles. The van der Waals surface area contributed by atoms with E-state index >= 15 is 0 Å². The molecule has 2 rings (SSSR count). The molecule has 1 fully saturated rings. The molecule has 17 heavy (non-hydrogen) atoms. The number of benzene rings is 1. The van der Waals surface area contributed by atoms with E-state index in [1.165, 1.54) is 32.1 Å². The van der Waals surface area contributed by atoms with E-state index in [1.54, 1.807) is 18.2 Å². The lowest BCUT2D eigenvalue weighted by molar-refractivity contribution is 0.0950. The van der Waals surface area contributed by atoms with Gasteiger partial charge in [-0.15, -0.1) is 0 Å². The van der Waals surface area contributed by atoms with Gasteiger partial charge in [-0.3, -0.25) is 4.79 Å². The maximum atomic E-state index is 12.1. The Morgan fingerprint density at radius 3 is 2.59 bits per heavy atom. The van der Waals surface area contributed by atoms with Crippen LogP contribution in [0.4, 0.5) is 0 Å². The van der Waals surface area contributed by atoms with Gasteiger partial charge in [-0.1, -0.05) is 61.4 Å². The predicted octanol–water partition coefficient (Wildman–Crippen LogP) is 5.15. The SMILES string of the molecule is O=C(CC1CCCCC1)c1cccc(Cl)c1Cl. The van der Waals surface area contributed by atoms with Crippen molar-refractivity contribution in [3.8, 4) is 0 Å². The molecule has 92 valence electrons. The van der Waals surface area contributed by atoms with Crippen LogP contribution >= 0.6 is 23.2 Å². The first-order valence-electron chi connectivity index (χ1n) is 6.15. The zero-order valence-corrected chi connectivity index (χ0v) is 11.2. The fourth-order valence-electron chi connectivity index (χ4n) is 2.48. The summed E-state index contributed by atoms with van der Waals surface area (Å²) < 4.78 is 0. The van der Waals surface area contributed by atoms with Gasteiger partial charge in [-0.2, -0.15) is 0 Å². The minimum absolute atomic E-state index is 0.129. The van der Waals surface area contributed by atoms with Crippen LogP contribution in [0, 0.1) is 5.92 Å². The minimum atomic E-state index is 0.129. The zero-order valence-electron chi connectivity index (χ0n) is 9.72. The summed E-state index contributed by atoms with van der Waals surface area (Å²) in [6.07, 6.45) is 6.76. The largest absolute Gasteiger partial charge is 0.294 e. The van der Waals surface area contributed by atoms with Gasteiger partial charge in [0.1, 0.15) is 0 Å². The van der Waals surface area contributed by atoms with Gasteiger partial charge >= 0.3 is 0 Å². The summed E-state index contributed by atoms with van der Waals surface area (Å²) in [4.78, 5) is 12.1. The molecule has 0 radical (unpaired) electrons. The van der Waals surface area contributed by atoms with Crippen LogP contribution in [0.1, 0.15) is 48.9 Å². The number of Topliss-reactive ketones (excluding diaryl/α,β-unsaturated/α-hetero) is 1. The van der Waals surface area contributed by atoms with Gasteiger partial charge in [-0.05, 0) is 18.1 Å². The number of halogens is 2. The number of hydrogen-bond acceptors (Lipinski definition) is 1. The van der Waals surface area contributed by atoms with E-state index in [1.807, 2.05) is 0 Å². The van der Waals surface area contributed by atoms with Crippen LogP contribution in [0.25, 0.3) is 0 Å². The number of carbonyl (C=O) groups excluding carboxylic acids is 1. The van der Waals surface area contributed by atoms with E-state index in [9.17, 15) is 4.79 Å². The third kappa shape index (κ3) is 3.23. The Labute approximate surface area is 112 Å². The predicted molar refractivity (Wildman–Crippen MR) is 72.0 cm³/mol. The lowest BCUT2D eigenvalue weighted by atomic mass is 9.85. The highest BCUT2D eigenvalue weighted by Crippen LogP contribution is 2.31. The molecule has 1 aromatic carbocycles. The van der Waals surface area contributed by atoms with Gasteiger partial charge in [0.05, 0.1) is 10.0 Å². The van der Waals surface area contributed by atoms with Gasteiger partial charge in [0.15, 0.2) is 5.78 Å². The Morgan fingerprint density at radius 1 is 1.18 bits per heavy atom. The molecule has 3 heteroatoms. The molecule has 1 nitrogen and oxygen atoms in total. The monoisotopic (exact) mass is 270 g/mol. The van der Waals surface area contributed by atoms with Gasteiger partial charge in [-0.25, -0.2) is 0 Å². The molecule has 1 aliphatic rings. The van der Waals surface area contributed by atoms with Gasteiger partial charge < -0.3 is 0 Å². The van der Waals surface area contributed by atoms with Crippen molar-refractivity contribution in [2.24, 2.45) is 5.92 Å². The van der Waals surface area contributed by atoms with Crippen LogP contribution in [-0.2, 0) is 0 Å². The Balaban J connectivity index is 2.06. The van der Waals surface area contributed by atoms with Crippen molar-refractivity contribution < 1.29 is 4.79 Å². The second-order valence-corrected chi connectivity index (χ2v) is 5.52. The second-order valence-electron chi connectivity index (χ2n) is 4.73. The van der Waals surface area contributed by atoms with Crippen molar-refractivity contribution in [3.05, 3.63) is 33.8 Å². The highest BCUT2D eigenvalue weighted by molar-refractivity contribution is 6.43. The third-order valence-electron chi connectivity index (χ3n) is 3.45. The van der Waals surface area contributed by atoms with Gasteiger partial charge in [0, 0.05) is 12.0 Å². The lowest BCUT2D eigenvalue weighted by Crippen LogP contribution is -2.12. The van der Waals surface area contributed by atoms with E-state index in [2.05, 4.69) is 0 Å². The first kappa shape index (κ1) is 12.9. The van der Waals surface area contributed by atoms with Crippen LogP contribution in [0.15, 0.2) is 18.2 Å². The van der Waals surface area contributed by atoms with E-state index < -0.39 is 0 Å². The van der Waals surface area contributed by atoms with E-state index in [0.29, 0.717) is 27.9 Å². The van der Waals surface area contributed by atoms with Crippen molar-refractivity contribution >= 4 is 29.0 Å². The van der Waals surface area contributed by atoms with E-state index in [-0.39, 0.29) is 5.78 Å². The maximum Gasteiger partial charge on any atom is 0.164 e. The smallest absolute Gasteiger partial charge is 0.164 e. The van der Waals surface area contributed by atoms with Crippen LogP contribution in [0.3, 0.4) is 0 Å². The maximum absolute atomic E-state index is 12.1. The Kier molecular flexibility index (Phi) is 4.47. The summed E-state index contributed by atoms with van der Waals surface area (Å²) in [5.41, 5.74) is 0.574. The molecule has 1 aromatic rings. The van der Waals surface area contributed by atoms with Crippen LogP contribution in [0.5, 0.6) is 0 Å². The first-order valence-corrected chi connectivity index (χ1v) is 6.91. The second kappa shape index (κ2) is 5.88. The quantitative estimate of drug-likeness (QED) is 0.695. The van der Waals surface area contributed by atoms with Crippen LogP contribution < -0.4 is 0 Å². The van der Waals surface area contributed by atoms with Crippen LogP contribution in [0.2, 0.25) is 10.0 Å². The Morgan fingerprint density at radius 2 is 1.88 bits per heavy atom. The Bertz CT molecular complexity index is 409. The van der Waals surface area contributed by atoms with E-state index in [4.69, 9.17) is 23.2 Å². The molecule has 1 saturated carbocycles. The highest BCUT2D eigenvalue weighted by Gasteiger charge is 2.20. The molecule has 0 atom stereocenters. The molecule has 0 unspecified atom stereocenters. The normalized spacial score (nSPS) is 17.1. The fourth-order valence-corrected chi connectivity index (χ4v) is 2.89.